The first-order chi connectivity index (χ1) is 20.0. The highest BCUT2D eigenvalue weighted by molar-refractivity contribution is 7.11. The molecule has 2 saturated carbocycles. The molecule has 2 aromatic heterocycles. The molecule has 3 aromatic rings. The molecule has 7 nitrogen and oxygen atoms in total. The van der Waals surface area contributed by atoms with Crippen LogP contribution in [-0.4, -0.2) is 52.0 Å². The van der Waals surface area contributed by atoms with Crippen LogP contribution in [0, 0.1) is 23.6 Å². The Morgan fingerprint density at radius 3 is 2.68 bits per heavy atom. The van der Waals surface area contributed by atoms with Crippen LogP contribution in [0.4, 0.5) is 10.3 Å². The SMILES string of the molecule is O=C(Cc1ccc(OCC[C@@H]2C[C@@H]2C2CCN(c3ncc(Cl)cn3)CC2)cc1F)N1CCc2nc(C3CC3)sc2C1. The third-order valence-electron chi connectivity index (χ3n) is 9.16. The lowest BCUT2D eigenvalue weighted by Crippen LogP contribution is -2.36. The number of fused-ring (bicyclic) bond motifs is 1. The molecule has 3 fully saturated rings. The number of rotatable bonds is 9. The molecular weight excluding hydrogens is 561 g/mol. The lowest BCUT2D eigenvalue weighted by Gasteiger charge is -2.32. The van der Waals surface area contributed by atoms with Crippen LogP contribution in [0.15, 0.2) is 30.6 Å². The number of halogens is 2. The van der Waals surface area contributed by atoms with Crippen molar-refractivity contribution in [3.8, 4) is 5.75 Å². The molecule has 41 heavy (non-hydrogen) atoms. The molecule has 0 unspecified atom stereocenters. The van der Waals surface area contributed by atoms with Crippen molar-refractivity contribution >= 4 is 34.8 Å². The van der Waals surface area contributed by atoms with Crippen molar-refractivity contribution in [3.63, 3.8) is 0 Å². The molecule has 1 aromatic carbocycles. The van der Waals surface area contributed by atoms with Crippen LogP contribution in [-0.2, 0) is 24.2 Å². The molecule has 4 heterocycles. The Hall–Kier alpha value is -2.78. The van der Waals surface area contributed by atoms with Gasteiger partial charge in [0.1, 0.15) is 11.6 Å². The van der Waals surface area contributed by atoms with Gasteiger partial charge in [-0.3, -0.25) is 4.79 Å². The maximum Gasteiger partial charge on any atom is 0.227 e. The molecule has 2 atom stereocenters. The van der Waals surface area contributed by atoms with E-state index in [2.05, 4.69) is 14.9 Å². The second kappa shape index (κ2) is 11.5. The van der Waals surface area contributed by atoms with E-state index >= 15 is 0 Å². The Balaban J connectivity index is 0.840. The van der Waals surface area contributed by atoms with Crippen molar-refractivity contribution in [1.82, 2.24) is 19.9 Å². The first kappa shape index (κ1) is 27.1. The lowest BCUT2D eigenvalue weighted by molar-refractivity contribution is -0.131. The van der Waals surface area contributed by atoms with Gasteiger partial charge in [-0.1, -0.05) is 17.7 Å². The molecule has 10 heteroatoms. The van der Waals surface area contributed by atoms with Crippen LogP contribution in [0.2, 0.25) is 5.02 Å². The molecule has 1 saturated heterocycles. The summed E-state index contributed by atoms with van der Waals surface area (Å²) in [4.78, 5) is 31.8. The summed E-state index contributed by atoms with van der Waals surface area (Å²) in [6.07, 6.45) is 11.2. The minimum Gasteiger partial charge on any atom is -0.493 e. The molecule has 1 amide bonds. The summed E-state index contributed by atoms with van der Waals surface area (Å²) in [5.41, 5.74) is 1.58. The maximum atomic E-state index is 14.9. The minimum atomic E-state index is -0.372. The van der Waals surface area contributed by atoms with Crippen molar-refractivity contribution in [2.75, 3.05) is 31.1 Å². The third-order valence-corrected chi connectivity index (χ3v) is 10.6. The zero-order valence-electron chi connectivity index (χ0n) is 23.1. The van der Waals surface area contributed by atoms with E-state index in [0.29, 0.717) is 47.9 Å². The number of aromatic nitrogens is 3. The van der Waals surface area contributed by atoms with Gasteiger partial charge in [-0.25, -0.2) is 19.3 Å². The number of hydrogen-bond acceptors (Lipinski definition) is 7. The Bertz CT molecular complexity index is 1410. The number of benzene rings is 1. The molecule has 2 aliphatic carbocycles. The summed E-state index contributed by atoms with van der Waals surface area (Å²) in [6, 6.07) is 4.93. The quantitative estimate of drug-likeness (QED) is 0.300. The summed E-state index contributed by atoms with van der Waals surface area (Å²) in [5, 5.41) is 1.79. The van der Waals surface area contributed by atoms with Crippen LogP contribution >= 0.6 is 22.9 Å². The molecule has 0 spiro atoms. The van der Waals surface area contributed by atoms with Gasteiger partial charge in [-0.15, -0.1) is 11.3 Å². The van der Waals surface area contributed by atoms with Gasteiger partial charge in [-0.2, -0.15) is 0 Å². The lowest BCUT2D eigenvalue weighted by atomic mass is 9.90. The van der Waals surface area contributed by atoms with Crippen LogP contribution < -0.4 is 9.64 Å². The van der Waals surface area contributed by atoms with Crippen molar-refractivity contribution in [3.05, 3.63) is 62.6 Å². The molecule has 216 valence electrons. The number of amides is 1. The van der Waals surface area contributed by atoms with Crippen LogP contribution in [0.1, 0.15) is 65.6 Å². The van der Waals surface area contributed by atoms with E-state index in [1.807, 2.05) is 4.90 Å². The zero-order valence-corrected chi connectivity index (χ0v) is 24.7. The number of carbonyl (C=O) groups excluding carboxylic acids is 1. The van der Waals surface area contributed by atoms with Gasteiger partial charge in [0.05, 0.1) is 47.7 Å². The second-order valence-corrected chi connectivity index (χ2v) is 13.6. The average molecular weight is 596 g/mol. The number of carbonyl (C=O) groups is 1. The van der Waals surface area contributed by atoms with Crippen molar-refractivity contribution in [1.29, 1.82) is 0 Å². The molecule has 0 bridgehead atoms. The average Bonchev–Trinajstić information content (AvgIpc) is 3.92. The second-order valence-electron chi connectivity index (χ2n) is 12.0. The zero-order chi connectivity index (χ0) is 27.9. The number of hydrogen-bond donors (Lipinski definition) is 0. The predicted molar refractivity (Wildman–Crippen MR) is 157 cm³/mol. The Kier molecular flexibility index (Phi) is 7.58. The van der Waals surface area contributed by atoms with Gasteiger partial charge in [0, 0.05) is 42.9 Å². The molecular formula is C31H35ClFN5O2S. The largest absolute Gasteiger partial charge is 0.493 e. The highest BCUT2D eigenvalue weighted by atomic mass is 35.5. The van der Waals surface area contributed by atoms with Crippen LogP contribution in [0.3, 0.4) is 0 Å². The van der Waals surface area contributed by atoms with Crippen molar-refractivity contribution < 1.29 is 13.9 Å². The third kappa shape index (κ3) is 6.21. The summed E-state index contributed by atoms with van der Waals surface area (Å²) < 4.78 is 20.8. The first-order valence-electron chi connectivity index (χ1n) is 14.9. The Morgan fingerprint density at radius 1 is 1.12 bits per heavy atom. The topological polar surface area (TPSA) is 71.5 Å². The summed E-state index contributed by atoms with van der Waals surface area (Å²) in [5.74, 6) is 3.71. The first-order valence-corrected chi connectivity index (χ1v) is 16.1. The molecule has 0 N–H and O–H groups in total. The van der Waals surface area contributed by atoms with Gasteiger partial charge in [0.25, 0.3) is 0 Å². The smallest absolute Gasteiger partial charge is 0.227 e. The van der Waals surface area contributed by atoms with Crippen molar-refractivity contribution in [2.45, 2.75) is 63.8 Å². The van der Waals surface area contributed by atoms with Crippen LogP contribution in [0.25, 0.3) is 0 Å². The normalized spacial score (nSPS) is 22.5. The Morgan fingerprint density at radius 2 is 1.93 bits per heavy atom. The van der Waals surface area contributed by atoms with Crippen molar-refractivity contribution in [2.24, 2.45) is 17.8 Å². The number of ether oxygens (including phenoxy) is 1. The number of nitrogens with zero attached hydrogens (tertiary/aromatic N) is 5. The number of anilines is 1. The number of thiazole rings is 1. The van der Waals surface area contributed by atoms with E-state index in [0.717, 1.165) is 62.3 Å². The van der Waals surface area contributed by atoms with E-state index in [1.54, 1.807) is 35.9 Å². The summed E-state index contributed by atoms with van der Waals surface area (Å²) in [6.45, 7) is 3.79. The molecule has 0 radical (unpaired) electrons. The molecule has 4 aliphatic rings. The van der Waals surface area contributed by atoms with E-state index in [4.69, 9.17) is 21.3 Å². The molecule has 7 rings (SSSR count). The Labute approximate surface area is 249 Å². The number of piperidine rings is 1. The fourth-order valence-electron chi connectivity index (χ4n) is 6.47. The summed E-state index contributed by atoms with van der Waals surface area (Å²) in [7, 11) is 0. The van der Waals surface area contributed by atoms with E-state index < -0.39 is 0 Å². The van der Waals surface area contributed by atoms with Gasteiger partial charge < -0.3 is 14.5 Å². The summed E-state index contributed by atoms with van der Waals surface area (Å²) >= 11 is 7.67. The van der Waals surface area contributed by atoms with Gasteiger partial charge >= 0.3 is 0 Å². The fraction of sp³-hybridized carbons (Fsp3) is 0.548. The van der Waals surface area contributed by atoms with Gasteiger partial charge in [-0.05, 0) is 67.9 Å². The monoisotopic (exact) mass is 595 g/mol. The highest BCUT2D eigenvalue weighted by Gasteiger charge is 2.43. The maximum absolute atomic E-state index is 14.9. The standard InChI is InChI=1S/C31H35ClFN5O2S/c32-23-16-34-31(35-17-23)37-9-5-19(6-10-37)25-13-21(25)8-12-40-24-4-3-22(26(33)15-24)14-29(39)38-11-7-27-28(18-38)41-30(36-27)20-1-2-20/h3-4,15-17,19-21,25H,1-2,5-14,18H2/t21-,25-/m1/s1. The van der Waals surface area contributed by atoms with Gasteiger partial charge in [0.2, 0.25) is 11.9 Å². The predicted octanol–water partition coefficient (Wildman–Crippen LogP) is 6.05. The van der Waals surface area contributed by atoms with Crippen LogP contribution in [0.5, 0.6) is 5.75 Å². The van der Waals surface area contributed by atoms with Gasteiger partial charge in [0.15, 0.2) is 0 Å². The fourth-order valence-corrected chi connectivity index (χ4v) is 7.87. The molecule has 2 aliphatic heterocycles. The highest BCUT2D eigenvalue weighted by Crippen LogP contribution is 2.50. The van der Waals surface area contributed by atoms with E-state index in [9.17, 15) is 9.18 Å². The van der Waals surface area contributed by atoms with E-state index in [1.165, 1.54) is 35.2 Å². The van der Waals surface area contributed by atoms with E-state index in [-0.39, 0.29) is 18.1 Å². The minimum absolute atomic E-state index is 0.0316.